The van der Waals surface area contributed by atoms with E-state index in [-0.39, 0.29) is 6.61 Å². The first-order chi connectivity index (χ1) is 15.1. The zero-order valence-electron chi connectivity index (χ0n) is 16.7. The van der Waals surface area contributed by atoms with E-state index in [0.29, 0.717) is 9.99 Å². The Kier molecular flexibility index (Phi) is 6.67. The number of nitrogens with zero attached hydrogens (tertiary/aromatic N) is 1. The van der Waals surface area contributed by atoms with Crippen molar-refractivity contribution in [1.82, 2.24) is 4.90 Å². The van der Waals surface area contributed by atoms with Gasteiger partial charge in [0.25, 0.3) is 0 Å². The monoisotopic (exact) mass is 527 g/mol. The summed E-state index contributed by atoms with van der Waals surface area (Å²) >= 11 is 2.08. The van der Waals surface area contributed by atoms with Crippen LogP contribution >= 0.6 is 22.6 Å². The minimum Gasteiger partial charge on any atom is -0.446 e. The number of hydrogen-bond acceptors (Lipinski definition) is 4. The molecule has 6 heteroatoms. The first kappa shape index (κ1) is 21.5. The van der Waals surface area contributed by atoms with Gasteiger partial charge in [-0.15, -0.1) is 0 Å². The van der Waals surface area contributed by atoms with E-state index in [1.807, 2.05) is 84.9 Å². The van der Waals surface area contributed by atoms with Crippen LogP contribution in [-0.2, 0) is 9.53 Å². The molecule has 1 saturated heterocycles. The second kappa shape index (κ2) is 9.62. The number of halogens is 1. The number of benzene rings is 3. The molecule has 1 N–H and O–H groups in total. The third-order valence-electron chi connectivity index (χ3n) is 5.52. The summed E-state index contributed by atoms with van der Waals surface area (Å²) in [5.41, 5.74) is 3.57. The predicted molar refractivity (Wildman–Crippen MR) is 127 cm³/mol. The fourth-order valence-electron chi connectivity index (χ4n) is 3.79. The third kappa shape index (κ3) is 4.50. The molecule has 3 aromatic carbocycles. The number of aliphatic hydroxyl groups excluding tert-OH is 1. The highest BCUT2D eigenvalue weighted by Crippen LogP contribution is 2.34. The van der Waals surface area contributed by atoms with Gasteiger partial charge in [0.15, 0.2) is 0 Å². The molecule has 2 amide bonds. The van der Waals surface area contributed by atoms with E-state index in [2.05, 4.69) is 22.6 Å². The van der Waals surface area contributed by atoms with Crippen LogP contribution in [0.2, 0.25) is 0 Å². The van der Waals surface area contributed by atoms with Gasteiger partial charge in [0.05, 0.1) is 12.0 Å². The van der Waals surface area contributed by atoms with Crippen molar-refractivity contribution in [2.24, 2.45) is 5.92 Å². The van der Waals surface area contributed by atoms with Gasteiger partial charge in [-0.25, -0.2) is 9.69 Å². The van der Waals surface area contributed by atoms with Crippen LogP contribution in [0.1, 0.15) is 23.3 Å². The second-order valence-electron chi connectivity index (χ2n) is 7.41. The molecule has 1 heterocycles. The van der Waals surface area contributed by atoms with Crippen molar-refractivity contribution in [3.05, 3.63) is 96.1 Å². The van der Waals surface area contributed by atoms with E-state index in [0.717, 1.165) is 21.6 Å². The van der Waals surface area contributed by atoms with Crippen LogP contribution < -0.4 is 0 Å². The fraction of sp³-hybridized carbons (Fsp3) is 0.200. The molecule has 0 aliphatic carbocycles. The standard InChI is InChI=1S/C25H22INO4/c26-15-21(23(28)20-13-11-18(12-14-20)17-7-3-1-4-8-17)24(29)27-22(16-31-25(27)30)19-9-5-2-6-10-19/h1-14,21-23,28H,15-16H2/t21-,22-,23-/m1/s1. The van der Waals surface area contributed by atoms with E-state index < -0.39 is 30.1 Å². The average molecular weight is 527 g/mol. The minimum absolute atomic E-state index is 0.115. The van der Waals surface area contributed by atoms with Gasteiger partial charge in [0.1, 0.15) is 12.6 Å². The zero-order chi connectivity index (χ0) is 21.8. The van der Waals surface area contributed by atoms with Crippen molar-refractivity contribution in [2.45, 2.75) is 12.1 Å². The Labute approximate surface area is 194 Å². The first-order valence-electron chi connectivity index (χ1n) is 10.0. The van der Waals surface area contributed by atoms with Crippen molar-refractivity contribution >= 4 is 34.6 Å². The number of amides is 2. The topological polar surface area (TPSA) is 66.8 Å². The lowest BCUT2D eigenvalue weighted by molar-refractivity contribution is -0.136. The predicted octanol–water partition coefficient (Wildman–Crippen LogP) is 5.16. The molecule has 0 radical (unpaired) electrons. The Morgan fingerprint density at radius 2 is 1.55 bits per heavy atom. The van der Waals surface area contributed by atoms with E-state index in [4.69, 9.17) is 4.74 Å². The summed E-state index contributed by atoms with van der Waals surface area (Å²) in [4.78, 5) is 26.9. The molecular formula is C25H22INO4. The van der Waals surface area contributed by atoms with Gasteiger partial charge in [-0.05, 0) is 22.3 Å². The maximum atomic E-state index is 13.3. The maximum Gasteiger partial charge on any atom is 0.417 e. The number of carbonyl (C=O) groups excluding carboxylic acids is 2. The number of imide groups is 1. The van der Waals surface area contributed by atoms with Crippen molar-refractivity contribution in [1.29, 1.82) is 0 Å². The molecule has 3 aromatic rings. The highest BCUT2D eigenvalue weighted by molar-refractivity contribution is 14.1. The number of cyclic esters (lactones) is 1. The molecule has 3 atom stereocenters. The van der Waals surface area contributed by atoms with E-state index in [9.17, 15) is 14.7 Å². The van der Waals surface area contributed by atoms with Crippen LogP contribution in [0.15, 0.2) is 84.9 Å². The lowest BCUT2D eigenvalue weighted by Crippen LogP contribution is -2.41. The van der Waals surface area contributed by atoms with Crippen molar-refractivity contribution in [3.8, 4) is 11.1 Å². The Hall–Kier alpha value is -2.71. The van der Waals surface area contributed by atoms with Crippen LogP contribution in [0.4, 0.5) is 4.79 Å². The van der Waals surface area contributed by atoms with Crippen LogP contribution in [0.25, 0.3) is 11.1 Å². The number of aliphatic hydroxyl groups is 1. The highest BCUT2D eigenvalue weighted by Gasteiger charge is 2.43. The fourth-order valence-corrected chi connectivity index (χ4v) is 4.64. The summed E-state index contributed by atoms with van der Waals surface area (Å²) in [7, 11) is 0. The van der Waals surface area contributed by atoms with Crippen LogP contribution in [0.3, 0.4) is 0 Å². The van der Waals surface area contributed by atoms with Crippen LogP contribution in [0, 0.1) is 5.92 Å². The second-order valence-corrected chi connectivity index (χ2v) is 8.29. The molecule has 31 heavy (non-hydrogen) atoms. The Bertz CT molecular complexity index is 1040. The largest absolute Gasteiger partial charge is 0.446 e. The molecule has 0 unspecified atom stereocenters. The SMILES string of the molecule is O=C1OC[C@H](c2ccccc2)N1C(=O)[C@H](CI)[C@H](O)c1ccc(-c2ccccc2)cc1. The summed E-state index contributed by atoms with van der Waals surface area (Å²) in [5, 5.41) is 11.0. The molecule has 0 bridgehead atoms. The number of alkyl halides is 1. The molecule has 5 nitrogen and oxygen atoms in total. The number of ether oxygens (including phenoxy) is 1. The minimum atomic E-state index is -1.03. The average Bonchev–Trinajstić information content (AvgIpc) is 3.22. The summed E-state index contributed by atoms with van der Waals surface area (Å²) in [5.74, 6) is -1.19. The van der Waals surface area contributed by atoms with Crippen molar-refractivity contribution < 1.29 is 19.4 Å². The van der Waals surface area contributed by atoms with Crippen molar-refractivity contribution in [3.63, 3.8) is 0 Å². The van der Waals surface area contributed by atoms with Crippen LogP contribution in [-0.4, -0.2) is 33.0 Å². The van der Waals surface area contributed by atoms with Crippen LogP contribution in [0.5, 0.6) is 0 Å². The smallest absolute Gasteiger partial charge is 0.417 e. The van der Waals surface area contributed by atoms with Gasteiger partial charge >= 0.3 is 6.09 Å². The lowest BCUT2D eigenvalue weighted by Gasteiger charge is -2.27. The molecule has 1 aliphatic heterocycles. The molecule has 1 aliphatic rings. The Morgan fingerprint density at radius 3 is 2.16 bits per heavy atom. The molecule has 0 aromatic heterocycles. The zero-order valence-corrected chi connectivity index (χ0v) is 18.9. The van der Waals surface area contributed by atoms with Gasteiger partial charge in [0, 0.05) is 4.43 Å². The van der Waals surface area contributed by atoms with E-state index >= 15 is 0 Å². The summed E-state index contributed by atoms with van der Waals surface area (Å²) in [6.07, 6.45) is -1.70. The summed E-state index contributed by atoms with van der Waals surface area (Å²) in [6.45, 7) is 0.115. The van der Waals surface area contributed by atoms with Gasteiger partial charge in [-0.3, -0.25) is 4.79 Å². The van der Waals surface area contributed by atoms with Gasteiger partial charge < -0.3 is 9.84 Å². The van der Waals surface area contributed by atoms with Gasteiger partial charge in [0.2, 0.25) is 5.91 Å². The normalized spacial score (nSPS) is 17.8. The molecule has 158 valence electrons. The van der Waals surface area contributed by atoms with Gasteiger partial charge in [-0.1, -0.05) is 108 Å². The molecule has 0 spiro atoms. The summed E-state index contributed by atoms with van der Waals surface area (Å²) < 4.78 is 5.55. The number of rotatable bonds is 6. The summed E-state index contributed by atoms with van der Waals surface area (Å²) in [6, 6.07) is 26.3. The third-order valence-corrected chi connectivity index (χ3v) is 6.47. The molecular weight excluding hydrogens is 505 g/mol. The van der Waals surface area contributed by atoms with Crippen molar-refractivity contribution in [2.75, 3.05) is 11.0 Å². The molecule has 0 saturated carbocycles. The molecule has 1 fully saturated rings. The highest BCUT2D eigenvalue weighted by atomic mass is 127. The first-order valence-corrected chi connectivity index (χ1v) is 11.6. The van der Waals surface area contributed by atoms with E-state index in [1.54, 1.807) is 0 Å². The number of hydrogen-bond donors (Lipinski definition) is 1. The lowest BCUT2D eigenvalue weighted by atomic mass is 9.93. The maximum absolute atomic E-state index is 13.3. The molecule has 4 rings (SSSR count). The van der Waals surface area contributed by atoms with Gasteiger partial charge in [-0.2, -0.15) is 0 Å². The quantitative estimate of drug-likeness (QED) is 0.356. The number of carbonyl (C=O) groups is 2. The Morgan fingerprint density at radius 1 is 0.968 bits per heavy atom. The van der Waals surface area contributed by atoms with E-state index in [1.165, 1.54) is 0 Å². The Balaban J connectivity index is 1.56.